The van der Waals surface area contributed by atoms with E-state index in [1.54, 1.807) is 30.3 Å². The number of anilines is 2. The average molecular weight is 376 g/mol. The number of phenols is 2. The van der Waals surface area contributed by atoms with Crippen LogP contribution in [-0.2, 0) is 0 Å². The van der Waals surface area contributed by atoms with Gasteiger partial charge in [0.05, 0.1) is 21.7 Å². The van der Waals surface area contributed by atoms with Gasteiger partial charge in [-0.3, -0.25) is 19.7 Å². The molecule has 4 rings (SSSR count). The van der Waals surface area contributed by atoms with Crippen molar-refractivity contribution in [3.8, 4) is 11.5 Å². The lowest BCUT2D eigenvalue weighted by Gasteiger charge is -2.22. The Morgan fingerprint density at radius 3 is 2.25 bits per heavy atom. The van der Waals surface area contributed by atoms with Crippen molar-refractivity contribution >= 4 is 28.6 Å². The number of phenolic OH excluding ortho intramolecular Hbond substituents is 2. The zero-order chi connectivity index (χ0) is 20.0. The number of nitro groups is 1. The first-order valence-corrected chi connectivity index (χ1v) is 8.18. The second kappa shape index (κ2) is 6.20. The molecular formula is C20H12N2O6. The van der Waals surface area contributed by atoms with Gasteiger partial charge in [0.1, 0.15) is 5.56 Å². The van der Waals surface area contributed by atoms with Crippen LogP contribution in [0.5, 0.6) is 11.5 Å². The lowest BCUT2D eigenvalue weighted by Crippen LogP contribution is -2.23. The van der Waals surface area contributed by atoms with Crippen molar-refractivity contribution in [3.63, 3.8) is 0 Å². The summed E-state index contributed by atoms with van der Waals surface area (Å²) in [6.45, 7) is 0. The minimum absolute atomic E-state index is 0.0543. The molecule has 0 aromatic heterocycles. The third-order valence-electron chi connectivity index (χ3n) is 4.50. The average Bonchev–Trinajstić information content (AvgIpc) is 2.69. The highest BCUT2D eigenvalue weighted by Crippen LogP contribution is 2.44. The van der Waals surface area contributed by atoms with E-state index < -0.39 is 39.2 Å². The van der Waals surface area contributed by atoms with Gasteiger partial charge < -0.3 is 15.5 Å². The number of carbonyl (C=O) groups is 2. The van der Waals surface area contributed by atoms with Crippen LogP contribution in [-0.4, -0.2) is 26.7 Å². The molecule has 1 aliphatic rings. The summed E-state index contributed by atoms with van der Waals surface area (Å²) in [4.78, 5) is 36.7. The molecule has 0 bridgehead atoms. The predicted molar refractivity (Wildman–Crippen MR) is 99.5 cm³/mol. The molecule has 0 saturated heterocycles. The number of aromatic hydroxyl groups is 2. The van der Waals surface area contributed by atoms with Crippen molar-refractivity contribution in [2.24, 2.45) is 0 Å². The largest absolute Gasteiger partial charge is 0.504 e. The van der Waals surface area contributed by atoms with Gasteiger partial charge in [0, 0.05) is 23.4 Å². The summed E-state index contributed by atoms with van der Waals surface area (Å²) in [5.74, 6) is -2.90. The van der Waals surface area contributed by atoms with E-state index in [-0.39, 0.29) is 22.4 Å². The molecule has 3 aromatic rings. The fourth-order valence-corrected chi connectivity index (χ4v) is 3.27. The first-order valence-electron chi connectivity index (χ1n) is 8.18. The molecule has 1 aliphatic carbocycles. The van der Waals surface area contributed by atoms with E-state index >= 15 is 0 Å². The first-order chi connectivity index (χ1) is 13.4. The molecule has 138 valence electrons. The van der Waals surface area contributed by atoms with Gasteiger partial charge in [0.15, 0.2) is 17.3 Å². The predicted octanol–water partition coefficient (Wildman–Crippen LogP) is 3.53. The summed E-state index contributed by atoms with van der Waals surface area (Å²) in [6, 6.07) is 13.5. The van der Waals surface area contributed by atoms with Gasteiger partial charge in [0.2, 0.25) is 5.78 Å². The van der Waals surface area contributed by atoms with E-state index in [1.807, 2.05) is 0 Å². The highest BCUT2D eigenvalue weighted by molar-refractivity contribution is 6.32. The molecule has 8 nitrogen and oxygen atoms in total. The third-order valence-corrected chi connectivity index (χ3v) is 4.50. The number of para-hydroxylation sites is 1. The number of nitrogens with zero attached hydrogens (tertiary/aromatic N) is 1. The summed E-state index contributed by atoms with van der Waals surface area (Å²) in [7, 11) is 0. The van der Waals surface area contributed by atoms with Gasteiger partial charge in [-0.25, -0.2) is 0 Å². The molecular weight excluding hydrogens is 364 g/mol. The number of nitrogens with one attached hydrogen (secondary N) is 1. The minimum atomic E-state index is -0.786. The maximum Gasteiger partial charge on any atom is 0.281 e. The summed E-state index contributed by atoms with van der Waals surface area (Å²) < 4.78 is 0. The molecule has 0 saturated carbocycles. The van der Waals surface area contributed by atoms with Crippen LogP contribution < -0.4 is 5.32 Å². The Balaban J connectivity index is 2.00. The van der Waals surface area contributed by atoms with Crippen LogP contribution in [0.3, 0.4) is 0 Å². The molecule has 0 radical (unpaired) electrons. The monoisotopic (exact) mass is 376 g/mol. The molecule has 0 atom stereocenters. The van der Waals surface area contributed by atoms with E-state index in [0.717, 1.165) is 12.1 Å². The highest BCUT2D eigenvalue weighted by Gasteiger charge is 2.39. The smallest absolute Gasteiger partial charge is 0.281 e. The van der Waals surface area contributed by atoms with Crippen LogP contribution in [0.2, 0.25) is 0 Å². The van der Waals surface area contributed by atoms with Gasteiger partial charge in [-0.1, -0.05) is 24.3 Å². The molecule has 3 aromatic carbocycles. The van der Waals surface area contributed by atoms with Crippen LogP contribution in [0, 0.1) is 10.1 Å². The molecule has 8 heteroatoms. The van der Waals surface area contributed by atoms with Crippen LogP contribution in [0.1, 0.15) is 31.8 Å². The fourth-order valence-electron chi connectivity index (χ4n) is 3.27. The molecule has 0 unspecified atom stereocenters. The highest BCUT2D eigenvalue weighted by atomic mass is 16.6. The van der Waals surface area contributed by atoms with Crippen LogP contribution in [0.15, 0.2) is 54.6 Å². The zero-order valence-corrected chi connectivity index (χ0v) is 14.2. The van der Waals surface area contributed by atoms with E-state index in [4.69, 9.17) is 0 Å². The number of benzene rings is 3. The third kappa shape index (κ3) is 2.47. The van der Waals surface area contributed by atoms with Gasteiger partial charge in [-0.05, 0) is 18.2 Å². The van der Waals surface area contributed by atoms with E-state index in [0.29, 0.717) is 5.69 Å². The normalized spacial score (nSPS) is 12.3. The number of fused-ring (bicyclic) bond motifs is 2. The van der Waals surface area contributed by atoms with Crippen molar-refractivity contribution in [1.82, 2.24) is 0 Å². The zero-order valence-electron chi connectivity index (χ0n) is 14.2. The van der Waals surface area contributed by atoms with Gasteiger partial charge in [-0.15, -0.1) is 0 Å². The molecule has 0 spiro atoms. The molecule has 3 N–H and O–H groups in total. The Labute approximate surface area is 157 Å². The summed E-state index contributed by atoms with van der Waals surface area (Å²) >= 11 is 0. The minimum Gasteiger partial charge on any atom is -0.504 e. The Hall–Kier alpha value is -4.20. The maximum atomic E-state index is 13.2. The SMILES string of the molecule is O=C1c2c(cccc2[N+](=O)[O-])C(=O)c2c(O)c(O)cc(Nc3ccccc3)c21. The van der Waals surface area contributed by atoms with E-state index in [1.165, 1.54) is 12.1 Å². The number of ketones is 2. The quantitative estimate of drug-likeness (QED) is 0.216. The first kappa shape index (κ1) is 17.2. The molecule has 0 fully saturated rings. The summed E-state index contributed by atoms with van der Waals surface area (Å²) in [5.41, 5.74) is -1.05. The van der Waals surface area contributed by atoms with Gasteiger partial charge in [0.25, 0.3) is 5.69 Å². The van der Waals surface area contributed by atoms with Crippen molar-refractivity contribution in [1.29, 1.82) is 0 Å². The Kier molecular flexibility index (Phi) is 3.82. The Bertz CT molecular complexity index is 1170. The van der Waals surface area contributed by atoms with Crippen LogP contribution >= 0.6 is 0 Å². The Morgan fingerprint density at radius 1 is 0.857 bits per heavy atom. The lowest BCUT2D eigenvalue weighted by atomic mass is 9.81. The van der Waals surface area contributed by atoms with Gasteiger partial charge in [-0.2, -0.15) is 0 Å². The van der Waals surface area contributed by atoms with Crippen LogP contribution in [0.4, 0.5) is 17.1 Å². The van der Waals surface area contributed by atoms with Crippen molar-refractivity contribution in [3.05, 3.63) is 87.0 Å². The number of hydrogen-bond acceptors (Lipinski definition) is 7. The maximum absolute atomic E-state index is 13.2. The summed E-state index contributed by atoms with van der Waals surface area (Å²) in [6.07, 6.45) is 0. The fraction of sp³-hybridized carbons (Fsp3) is 0. The molecule has 0 heterocycles. The molecule has 0 aliphatic heterocycles. The van der Waals surface area contributed by atoms with Gasteiger partial charge >= 0.3 is 0 Å². The number of hydrogen-bond donors (Lipinski definition) is 3. The van der Waals surface area contributed by atoms with E-state index in [9.17, 15) is 29.9 Å². The Morgan fingerprint density at radius 2 is 1.57 bits per heavy atom. The van der Waals surface area contributed by atoms with Crippen molar-refractivity contribution in [2.45, 2.75) is 0 Å². The lowest BCUT2D eigenvalue weighted by molar-refractivity contribution is -0.385. The topological polar surface area (TPSA) is 130 Å². The second-order valence-corrected chi connectivity index (χ2v) is 6.15. The second-order valence-electron chi connectivity index (χ2n) is 6.15. The summed E-state index contributed by atoms with van der Waals surface area (Å²) in [5, 5.41) is 34.6. The van der Waals surface area contributed by atoms with Crippen molar-refractivity contribution in [2.75, 3.05) is 5.32 Å². The number of carbonyl (C=O) groups excluding carboxylic acids is 2. The standard InChI is InChI=1S/C20H12N2O6/c23-14-9-12(21-10-5-2-1-3-6-10)16-17(19(14)25)18(24)11-7-4-8-13(22(27)28)15(11)20(16)26/h1-9,21,23,25H. The van der Waals surface area contributed by atoms with Crippen molar-refractivity contribution < 1.29 is 24.7 Å². The molecule has 0 amide bonds. The molecule has 28 heavy (non-hydrogen) atoms. The van der Waals surface area contributed by atoms with Crippen LogP contribution in [0.25, 0.3) is 0 Å². The van der Waals surface area contributed by atoms with E-state index in [2.05, 4.69) is 5.32 Å². The number of rotatable bonds is 3. The number of nitro benzene ring substituents is 1.